The first-order valence-corrected chi connectivity index (χ1v) is 16.2. The van der Waals surface area contributed by atoms with Crippen LogP contribution in [0.5, 0.6) is 5.75 Å². The van der Waals surface area contributed by atoms with Gasteiger partial charge in [0.05, 0.1) is 34.4 Å². The van der Waals surface area contributed by atoms with Crippen molar-refractivity contribution in [2.24, 2.45) is 5.92 Å². The van der Waals surface area contributed by atoms with Gasteiger partial charge in [-0.05, 0) is 62.8 Å². The van der Waals surface area contributed by atoms with E-state index in [2.05, 4.69) is 25.9 Å². The fraction of sp³-hybridized carbons (Fsp3) is 0.455. The Balaban J connectivity index is 1.59. The summed E-state index contributed by atoms with van der Waals surface area (Å²) in [5, 5.41) is 10.4. The van der Waals surface area contributed by atoms with E-state index < -0.39 is 17.9 Å². The SMILES string of the molecule is CCOCCCOC(=O)C(CNC(=O)c1cccs1)NC(=O)c1c(C)nc(NCCCc2cccc(OC(=O)C(C)C)c2)nc1C. The number of rotatable bonds is 18. The molecule has 0 aliphatic heterocycles. The maximum atomic E-state index is 13.4. The Hall–Kier alpha value is -4.36. The molecule has 46 heavy (non-hydrogen) atoms. The van der Waals surface area contributed by atoms with Crippen LogP contribution in [-0.2, 0) is 25.5 Å². The molecule has 0 aliphatic carbocycles. The number of carbonyl (C=O) groups is 4. The zero-order chi connectivity index (χ0) is 33.5. The number of benzene rings is 1. The van der Waals surface area contributed by atoms with Gasteiger partial charge in [-0.3, -0.25) is 14.4 Å². The summed E-state index contributed by atoms with van der Waals surface area (Å²) >= 11 is 1.27. The van der Waals surface area contributed by atoms with Crippen molar-refractivity contribution >= 4 is 41.0 Å². The Morgan fingerprint density at radius 1 is 0.935 bits per heavy atom. The molecule has 2 heterocycles. The molecule has 12 nitrogen and oxygen atoms in total. The van der Waals surface area contributed by atoms with Crippen LogP contribution in [-0.4, -0.2) is 72.7 Å². The van der Waals surface area contributed by atoms with Crippen molar-refractivity contribution in [3.05, 3.63) is 69.2 Å². The minimum atomic E-state index is -1.13. The van der Waals surface area contributed by atoms with Gasteiger partial charge in [-0.25, -0.2) is 14.8 Å². The molecule has 0 radical (unpaired) electrons. The van der Waals surface area contributed by atoms with Gasteiger partial charge >= 0.3 is 11.9 Å². The Labute approximate surface area is 273 Å². The number of aromatic nitrogens is 2. The lowest BCUT2D eigenvalue weighted by molar-refractivity contribution is -0.146. The van der Waals surface area contributed by atoms with Gasteiger partial charge in [0.25, 0.3) is 11.8 Å². The number of nitrogens with one attached hydrogen (secondary N) is 3. The van der Waals surface area contributed by atoms with Crippen molar-refractivity contribution in [2.75, 3.05) is 38.2 Å². The maximum Gasteiger partial charge on any atom is 0.330 e. The van der Waals surface area contributed by atoms with Crippen LogP contribution >= 0.6 is 11.3 Å². The number of anilines is 1. The van der Waals surface area contributed by atoms with Gasteiger partial charge < -0.3 is 30.2 Å². The van der Waals surface area contributed by atoms with Gasteiger partial charge in [0.2, 0.25) is 5.95 Å². The van der Waals surface area contributed by atoms with Crippen LogP contribution in [0.1, 0.15) is 70.6 Å². The Morgan fingerprint density at radius 2 is 1.70 bits per heavy atom. The molecule has 0 fully saturated rings. The lowest BCUT2D eigenvalue weighted by atomic mass is 10.1. The monoisotopic (exact) mass is 653 g/mol. The van der Waals surface area contributed by atoms with E-state index in [-0.39, 0.29) is 36.5 Å². The smallest absolute Gasteiger partial charge is 0.330 e. The van der Waals surface area contributed by atoms with Crippen molar-refractivity contribution in [1.29, 1.82) is 0 Å². The van der Waals surface area contributed by atoms with Gasteiger partial charge in [-0.1, -0.05) is 32.0 Å². The number of aryl methyl sites for hydroxylation is 3. The van der Waals surface area contributed by atoms with Gasteiger partial charge in [-0.15, -0.1) is 11.3 Å². The standard InChI is InChI=1S/C33H43N5O7S/c1-6-43-16-10-17-44-32(42)26(20-35-29(39)27-14-9-18-46-27)38-30(40)28-22(4)36-33(37-23(28)5)34-15-8-12-24-11-7-13-25(19-24)45-31(41)21(2)3/h7,9,11,13-14,18-19,21,26H,6,8,10,12,15-17,20H2,1-5H3,(H,35,39)(H,38,40)(H,34,36,37). The van der Waals surface area contributed by atoms with Crippen molar-refractivity contribution in [1.82, 2.24) is 20.6 Å². The summed E-state index contributed by atoms with van der Waals surface area (Å²) in [5.41, 5.74) is 2.12. The number of hydrogen-bond acceptors (Lipinski definition) is 11. The molecule has 1 atom stereocenters. The molecule has 0 saturated heterocycles. The molecule has 3 aromatic rings. The van der Waals surface area contributed by atoms with E-state index in [1.54, 1.807) is 51.3 Å². The van der Waals surface area contributed by atoms with Crippen molar-refractivity contribution in [3.63, 3.8) is 0 Å². The summed E-state index contributed by atoms with van der Waals surface area (Å²) in [6, 6.07) is 9.74. The second kappa shape index (κ2) is 18.6. The van der Waals surface area contributed by atoms with E-state index in [4.69, 9.17) is 14.2 Å². The average molecular weight is 654 g/mol. The molecular weight excluding hydrogens is 610 g/mol. The minimum Gasteiger partial charge on any atom is -0.464 e. The quantitative estimate of drug-likeness (QED) is 0.103. The van der Waals surface area contributed by atoms with E-state index in [1.165, 1.54) is 11.3 Å². The van der Waals surface area contributed by atoms with Crippen molar-refractivity contribution in [3.8, 4) is 5.75 Å². The Bertz CT molecular complexity index is 1440. The second-order valence-corrected chi connectivity index (χ2v) is 11.7. The molecule has 2 amide bonds. The topological polar surface area (TPSA) is 158 Å². The van der Waals surface area contributed by atoms with Gasteiger partial charge in [0, 0.05) is 32.7 Å². The third kappa shape index (κ3) is 11.5. The summed E-state index contributed by atoms with van der Waals surface area (Å²) in [7, 11) is 0. The number of hydrogen-bond donors (Lipinski definition) is 3. The second-order valence-electron chi connectivity index (χ2n) is 10.8. The molecule has 1 aromatic carbocycles. The third-order valence-electron chi connectivity index (χ3n) is 6.69. The maximum absolute atomic E-state index is 13.4. The van der Waals surface area contributed by atoms with E-state index in [0.29, 0.717) is 54.1 Å². The third-order valence-corrected chi connectivity index (χ3v) is 7.56. The Morgan fingerprint density at radius 3 is 2.37 bits per heavy atom. The van der Waals surface area contributed by atoms with Crippen LogP contribution < -0.4 is 20.7 Å². The number of carbonyl (C=O) groups excluding carboxylic acids is 4. The molecule has 0 saturated carbocycles. The van der Waals surface area contributed by atoms with Gasteiger partial charge in [0.1, 0.15) is 11.8 Å². The number of esters is 2. The first-order valence-electron chi connectivity index (χ1n) is 15.4. The average Bonchev–Trinajstić information content (AvgIpc) is 3.56. The van der Waals surface area contributed by atoms with Crippen LogP contribution in [0.15, 0.2) is 41.8 Å². The largest absolute Gasteiger partial charge is 0.464 e. The van der Waals surface area contributed by atoms with Crippen LogP contribution in [0.3, 0.4) is 0 Å². The molecule has 0 aliphatic rings. The molecule has 248 valence electrons. The first-order chi connectivity index (χ1) is 22.1. The summed E-state index contributed by atoms with van der Waals surface area (Å²) < 4.78 is 16.0. The van der Waals surface area contributed by atoms with Crippen LogP contribution in [0.25, 0.3) is 0 Å². The number of ether oxygens (including phenoxy) is 3. The fourth-order valence-corrected chi connectivity index (χ4v) is 4.95. The van der Waals surface area contributed by atoms with Gasteiger partial charge in [-0.2, -0.15) is 0 Å². The summed E-state index contributed by atoms with van der Waals surface area (Å²) in [6.07, 6.45) is 2.00. The zero-order valence-corrected chi connectivity index (χ0v) is 27.8. The molecular formula is C33H43N5O7S. The zero-order valence-electron chi connectivity index (χ0n) is 27.0. The Kier molecular flexibility index (Phi) is 14.6. The highest BCUT2D eigenvalue weighted by Crippen LogP contribution is 2.17. The molecule has 1 unspecified atom stereocenters. The van der Waals surface area contributed by atoms with Crippen molar-refractivity contribution < 1.29 is 33.4 Å². The summed E-state index contributed by atoms with van der Waals surface area (Å²) in [4.78, 5) is 60.1. The van der Waals surface area contributed by atoms with E-state index in [0.717, 1.165) is 18.4 Å². The molecule has 13 heteroatoms. The highest BCUT2D eigenvalue weighted by molar-refractivity contribution is 7.12. The molecule has 3 rings (SSSR count). The number of amides is 2. The molecule has 0 spiro atoms. The predicted molar refractivity (Wildman–Crippen MR) is 175 cm³/mol. The van der Waals surface area contributed by atoms with E-state index >= 15 is 0 Å². The minimum absolute atomic E-state index is 0.114. The highest BCUT2D eigenvalue weighted by atomic mass is 32.1. The molecule has 2 aromatic heterocycles. The fourth-order valence-electron chi connectivity index (χ4n) is 4.31. The van der Waals surface area contributed by atoms with Gasteiger partial charge in [0.15, 0.2) is 0 Å². The molecule has 0 bridgehead atoms. The number of nitrogens with zero attached hydrogens (tertiary/aromatic N) is 2. The summed E-state index contributed by atoms with van der Waals surface area (Å²) in [6.45, 7) is 10.4. The van der Waals surface area contributed by atoms with E-state index in [1.807, 2.05) is 25.1 Å². The lowest BCUT2D eigenvalue weighted by Crippen LogP contribution is -2.49. The van der Waals surface area contributed by atoms with Crippen LogP contribution in [0.2, 0.25) is 0 Å². The lowest BCUT2D eigenvalue weighted by Gasteiger charge is -2.19. The molecule has 3 N–H and O–H groups in total. The summed E-state index contributed by atoms with van der Waals surface area (Å²) in [5.74, 6) is -1.17. The van der Waals surface area contributed by atoms with E-state index in [9.17, 15) is 19.2 Å². The van der Waals surface area contributed by atoms with Crippen LogP contribution in [0, 0.1) is 19.8 Å². The predicted octanol–water partition coefficient (Wildman–Crippen LogP) is 4.26. The normalized spacial score (nSPS) is 11.5. The number of thiophene rings is 1. The van der Waals surface area contributed by atoms with Crippen molar-refractivity contribution in [2.45, 2.75) is 59.9 Å². The van der Waals surface area contributed by atoms with Crippen LogP contribution in [0.4, 0.5) is 5.95 Å². The first kappa shape index (κ1) is 36.1. The highest BCUT2D eigenvalue weighted by Gasteiger charge is 2.26.